The summed E-state index contributed by atoms with van der Waals surface area (Å²) in [6, 6.07) is 8.27. The molecule has 0 bridgehead atoms. The lowest BCUT2D eigenvalue weighted by Crippen LogP contribution is -2.38. The zero-order valence-electron chi connectivity index (χ0n) is 12.0. The van der Waals surface area contributed by atoms with Crippen molar-refractivity contribution < 1.29 is 9.30 Å². The van der Waals surface area contributed by atoms with Crippen molar-refractivity contribution in [3.8, 4) is 0 Å². The van der Waals surface area contributed by atoms with Gasteiger partial charge in [0.25, 0.3) is 0 Å². The number of rotatable bonds is 5. The van der Waals surface area contributed by atoms with Gasteiger partial charge in [0, 0.05) is 25.8 Å². The topological polar surface area (TPSA) is 30.4 Å². The van der Waals surface area contributed by atoms with E-state index >= 15 is 0 Å². The Morgan fingerprint density at radius 3 is 3.05 bits per heavy atom. The highest BCUT2D eigenvalue weighted by atomic mass is 16.5. The molecule has 0 aliphatic rings. The quantitative estimate of drug-likeness (QED) is 0.667. The normalized spacial score (nSPS) is 11.5. The Kier molecular flexibility index (Phi) is 3.65. The number of imidazole rings is 1. The van der Waals surface area contributed by atoms with Crippen molar-refractivity contribution in [1.82, 2.24) is 9.38 Å². The van der Waals surface area contributed by atoms with E-state index in [1.54, 1.807) is 7.11 Å². The summed E-state index contributed by atoms with van der Waals surface area (Å²) in [4.78, 5) is 4.69. The average molecular weight is 270 g/mol. The molecule has 3 heterocycles. The van der Waals surface area contributed by atoms with E-state index in [9.17, 15) is 0 Å². The van der Waals surface area contributed by atoms with E-state index in [0.717, 1.165) is 23.2 Å². The van der Waals surface area contributed by atoms with Crippen LogP contribution in [-0.4, -0.2) is 16.5 Å². The van der Waals surface area contributed by atoms with Crippen molar-refractivity contribution in [1.29, 1.82) is 0 Å². The maximum atomic E-state index is 5.34. The fourth-order valence-electron chi connectivity index (χ4n) is 2.55. The number of fused-ring (bicyclic) bond motifs is 3. The third-order valence-electron chi connectivity index (χ3n) is 3.59. The third kappa shape index (κ3) is 2.27. The van der Waals surface area contributed by atoms with Crippen molar-refractivity contribution in [3.05, 3.63) is 42.4 Å². The number of unbranched alkanes of at least 4 members (excludes halogenated alkanes) is 1. The van der Waals surface area contributed by atoms with Crippen LogP contribution in [0.15, 0.2) is 36.7 Å². The van der Waals surface area contributed by atoms with Crippen LogP contribution in [0.4, 0.5) is 0 Å². The van der Waals surface area contributed by atoms with Crippen LogP contribution in [0.3, 0.4) is 0 Å². The molecular weight excluding hydrogens is 250 g/mol. The summed E-state index contributed by atoms with van der Waals surface area (Å²) in [5.74, 6) is 0. The molecule has 3 rings (SSSR count). The number of methoxy groups -OCH3 is 1. The molecule has 0 saturated carbocycles. The first-order chi connectivity index (χ1) is 9.83. The van der Waals surface area contributed by atoms with Crippen LogP contribution in [0, 0.1) is 0 Å². The van der Waals surface area contributed by atoms with Gasteiger partial charge in [-0.1, -0.05) is 19.4 Å². The fourth-order valence-corrected chi connectivity index (χ4v) is 2.55. The van der Waals surface area contributed by atoms with Gasteiger partial charge >= 0.3 is 0 Å². The van der Waals surface area contributed by atoms with Gasteiger partial charge in [0.05, 0.1) is 5.52 Å². The largest absolute Gasteiger partial charge is 0.374 e. The van der Waals surface area contributed by atoms with Gasteiger partial charge in [-0.25, -0.2) is 4.98 Å². The molecule has 0 saturated heterocycles. The van der Waals surface area contributed by atoms with Crippen LogP contribution in [0.2, 0.25) is 0 Å². The molecular formula is C16H20N3O+. The molecule has 0 radical (unpaired) electrons. The lowest BCUT2D eigenvalue weighted by Gasteiger charge is -2.03. The lowest BCUT2D eigenvalue weighted by atomic mass is 10.2. The second-order valence-electron chi connectivity index (χ2n) is 5.06. The molecule has 4 heteroatoms. The van der Waals surface area contributed by atoms with Crippen LogP contribution < -0.4 is 4.57 Å². The summed E-state index contributed by atoms with van der Waals surface area (Å²) in [6.07, 6.45) is 6.55. The summed E-state index contributed by atoms with van der Waals surface area (Å²) in [6.45, 7) is 3.85. The molecule has 0 unspecified atom stereocenters. The number of aromatic nitrogens is 3. The number of pyridine rings is 2. The van der Waals surface area contributed by atoms with E-state index in [1.807, 2.05) is 18.2 Å². The maximum Gasteiger partial charge on any atom is 0.209 e. The Morgan fingerprint density at radius 1 is 1.35 bits per heavy atom. The Labute approximate surface area is 118 Å². The zero-order chi connectivity index (χ0) is 13.9. The highest BCUT2D eigenvalue weighted by Crippen LogP contribution is 2.16. The Balaban J connectivity index is 2.18. The van der Waals surface area contributed by atoms with Crippen molar-refractivity contribution in [3.63, 3.8) is 0 Å². The second-order valence-corrected chi connectivity index (χ2v) is 5.06. The Hall–Kier alpha value is -1.94. The minimum atomic E-state index is 0.625. The van der Waals surface area contributed by atoms with E-state index in [0.29, 0.717) is 6.61 Å². The van der Waals surface area contributed by atoms with Gasteiger partial charge < -0.3 is 4.74 Å². The van der Waals surface area contributed by atoms with E-state index in [-0.39, 0.29) is 0 Å². The minimum Gasteiger partial charge on any atom is -0.374 e. The first-order valence-electron chi connectivity index (χ1n) is 7.11. The van der Waals surface area contributed by atoms with Gasteiger partial charge in [-0.2, -0.15) is 4.57 Å². The summed E-state index contributed by atoms with van der Waals surface area (Å²) in [5.41, 5.74) is 4.35. The first kappa shape index (κ1) is 13.1. The summed E-state index contributed by atoms with van der Waals surface area (Å²) < 4.78 is 9.72. The predicted octanol–water partition coefficient (Wildman–Crippen LogP) is 2.72. The number of nitrogens with zero attached hydrogens (tertiary/aromatic N) is 3. The molecule has 0 spiro atoms. The smallest absolute Gasteiger partial charge is 0.209 e. The number of hydrogen-bond donors (Lipinski definition) is 0. The van der Waals surface area contributed by atoms with Crippen LogP contribution >= 0.6 is 0 Å². The second kappa shape index (κ2) is 5.59. The van der Waals surface area contributed by atoms with Crippen molar-refractivity contribution in [2.45, 2.75) is 32.9 Å². The van der Waals surface area contributed by atoms with Crippen LogP contribution in [0.5, 0.6) is 0 Å². The Morgan fingerprint density at radius 2 is 2.25 bits per heavy atom. The molecule has 3 aromatic rings. The van der Waals surface area contributed by atoms with Gasteiger partial charge in [-0.05, 0) is 12.1 Å². The molecule has 0 aliphatic heterocycles. The number of hydrogen-bond acceptors (Lipinski definition) is 2. The summed E-state index contributed by atoms with van der Waals surface area (Å²) >= 11 is 0. The van der Waals surface area contributed by atoms with Crippen LogP contribution in [0.1, 0.15) is 25.5 Å². The molecule has 4 nitrogen and oxygen atoms in total. The van der Waals surface area contributed by atoms with E-state index in [1.165, 1.54) is 18.5 Å². The highest BCUT2D eigenvalue weighted by molar-refractivity contribution is 5.79. The SMILES string of the molecule is CCCC[n+]1cc2nc3ccccn3c2cc1COC. The molecule has 0 N–H and O–H groups in total. The van der Waals surface area contributed by atoms with Gasteiger partial charge in [0.1, 0.15) is 18.8 Å². The van der Waals surface area contributed by atoms with Crippen molar-refractivity contribution in [2.24, 2.45) is 0 Å². The predicted molar refractivity (Wildman–Crippen MR) is 78.5 cm³/mol. The van der Waals surface area contributed by atoms with Gasteiger partial charge in [0.15, 0.2) is 11.7 Å². The van der Waals surface area contributed by atoms with E-state index in [4.69, 9.17) is 4.74 Å². The van der Waals surface area contributed by atoms with E-state index < -0.39 is 0 Å². The number of aryl methyl sites for hydroxylation is 1. The monoisotopic (exact) mass is 270 g/mol. The molecule has 20 heavy (non-hydrogen) atoms. The van der Waals surface area contributed by atoms with Crippen LogP contribution in [0.25, 0.3) is 16.7 Å². The first-order valence-corrected chi connectivity index (χ1v) is 7.11. The average Bonchev–Trinajstić information content (AvgIpc) is 2.83. The number of ether oxygens (including phenoxy) is 1. The highest BCUT2D eigenvalue weighted by Gasteiger charge is 2.15. The third-order valence-corrected chi connectivity index (χ3v) is 3.59. The lowest BCUT2D eigenvalue weighted by molar-refractivity contribution is -0.705. The summed E-state index contributed by atoms with van der Waals surface area (Å²) in [5, 5.41) is 0. The maximum absolute atomic E-state index is 5.34. The zero-order valence-corrected chi connectivity index (χ0v) is 12.0. The standard InChI is InChI=1S/C16H20N3O/c1-3-4-8-18-11-14-15(10-13(18)12-20-2)19-9-6-5-7-16(19)17-14/h5-7,9-11H,3-4,8,12H2,1-2H3/q+1. The molecule has 3 aromatic heterocycles. The molecule has 0 amide bonds. The van der Waals surface area contributed by atoms with Crippen molar-refractivity contribution in [2.75, 3.05) is 7.11 Å². The van der Waals surface area contributed by atoms with Gasteiger partial charge in [-0.15, -0.1) is 0 Å². The van der Waals surface area contributed by atoms with E-state index in [2.05, 4.69) is 39.3 Å². The van der Waals surface area contributed by atoms with Gasteiger partial charge in [0.2, 0.25) is 5.69 Å². The van der Waals surface area contributed by atoms with Crippen LogP contribution in [-0.2, 0) is 17.9 Å². The Bertz CT molecular complexity index is 733. The molecule has 0 atom stereocenters. The molecule has 0 aliphatic carbocycles. The fraction of sp³-hybridized carbons (Fsp3) is 0.375. The van der Waals surface area contributed by atoms with Crippen molar-refractivity contribution >= 4 is 16.7 Å². The minimum absolute atomic E-state index is 0.625. The molecule has 104 valence electrons. The molecule has 0 aromatic carbocycles. The van der Waals surface area contributed by atoms with Gasteiger partial charge in [-0.3, -0.25) is 4.40 Å². The molecule has 0 fully saturated rings. The summed E-state index contributed by atoms with van der Waals surface area (Å²) in [7, 11) is 1.74.